The van der Waals surface area contributed by atoms with Gasteiger partial charge in [-0.1, -0.05) is 12.1 Å². The molecule has 0 bridgehead atoms. The van der Waals surface area contributed by atoms with Gasteiger partial charge in [-0.3, -0.25) is 0 Å². The summed E-state index contributed by atoms with van der Waals surface area (Å²) in [6.07, 6.45) is 3.09. The number of rotatable bonds is 3. The van der Waals surface area contributed by atoms with Crippen molar-refractivity contribution in [2.45, 2.75) is 0 Å². The fourth-order valence-electron chi connectivity index (χ4n) is 1.15. The largest absolute Gasteiger partial charge is 0.495 e. The molecule has 0 aliphatic rings. The van der Waals surface area contributed by atoms with E-state index in [0.717, 1.165) is 11.4 Å². The second-order valence-electron chi connectivity index (χ2n) is 2.66. The molecule has 1 aromatic heterocycles. The monoisotopic (exact) mass is 190 g/mol. The summed E-state index contributed by atoms with van der Waals surface area (Å²) in [6, 6.07) is 8.02. The van der Waals surface area contributed by atoms with Crippen molar-refractivity contribution in [1.29, 1.82) is 0 Å². The SMILES string of the molecule is COc1ccccc1Nc1ncco1. The molecule has 0 saturated heterocycles. The smallest absolute Gasteiger partial charge is 0.299 e. The van der Waals surface area contributed by atoms with Crippen LogP contribution < -0.4 is 10.1 Å². The van der Waals surface area contributed by atoms with Gasteiger partial charge in [0.2, 0.25) is 0 Å². The van der Waals surface area contributed by atoms with Gasteiger partial charge in [-0.15, -0.1) is 0 Å². The molecular weight excluding hydrogens is 180 g/mol. The Bertz CT molecular complexity index is 398. The van der Waals surface area contributed by atoms with E-state index in [-0.39, 0.29) is 0 Å². The van der Waals surface area contributed by atoms with Crippen LogP contribution in [0.5, 0.6) is 5.75 Å². The van der Waals surface area contributed by atoms with Crippen molar-refractivity contribution in [3.63, 3.8) is 0 Å². The second-order valence-corrected chi connectivity index (χ2v) is 2.66. The first-order chi connectivity index (χ1) is 6.90. The molecule has 0 amide bonds. The second kappa shape index (κ2) is 3.83. The third-order valence-electron chi connectivity index (χ3n) is 1.78. The van der Waals surface area contributed by atoms with E-state index in [1.807, 2.05) is 24.3 Å². The highest BCUT2D eigenvalue weighted by Crippen LogP contribution is 2.25. The van der Waals surface area contributed by atoms with Crippen molar-refractivity contribution >= 4 is 11.7 Å². The fourth-order valence-corrected chi connectivity index (χ4v) is 1.15. The van der Waals surface area contributed by atoms with Gasteiger partial charge in [-0.2, -0.15) is 0 Å². The molecule has 0 spiro atoms. The number of anilines is 2. The van der Waals surface area contributed by atoms with E-state index in [9.17, 15) is 0 Å². The Morgan fingerprint density at radius 3 is 2.93 bits per heavy atom. The highest BCUT2D eigenvalue weighted by molar-refractivity contribution is 5.61. The Labute approximate surface area is 81.5 Å². The van der Waals surface area contributed by atoms with Crippen LogP contribution in [0, 0.1) is 0 Å². The molecule has 0 aliphatic carbocycles. The molecule has 4 nitrogen and oxygen atoms in total. The lowest BCUT2D eigenvalue weighted by Crippen LogP contribution is -1.93. The number of ether oxygens (including phenoxy) is 1. The van der Waals surface area contributed by atoms with Gasteiger partial charge in [0, 0.05) is 0 Å². The lowest BCUT2D eigenvalue weighted by molar-refractivity contribution is 0.416. The third-order valence-corrected chi connectivity index (χ3v) is 1.78. The molecule has 1 heterocycles. The summed E-state index contributed by atoms with van der Waals surface area (Å²) >= 11 is 0. The number of para-hydroxylation sites is 2. The molecule has 0 aliphatic heterocycles. The van der Waals surface area contributed by atoms with Crippen molar-refractivity contribution in [2.24, 2.45) is 0 Å². The van der Waals surface area contributed by atoms with Crippen molar-refractivity contribution in [1.82, 2.24) is 4.98 Å². The van der Waals surface area contributed by atoms with Crippen LogP contribution in [0.4, 0.5) is 11.7 Å². The van der Waals surface area contributed by atoms with Crippen LogP contribution in [0.2, 0.25) is 0 Å². The van der Waals surface area contributed by atoms with E-state index in [1.54, 1.807) is 13.3 Å². The molecule has 1 aromatic carbocycles. The molecule has 1 N–H and O–H groups in total. The van der Waals surface area contributed by atoms with E-state index in [4.69, 9.17) is 9.15 Å². The summed E-state index contributed by atoms with van der Waals surface area (Å²) < 4.78 is 10.2. The normalized spacial score (nSPS) is 9.79. The number of benzene rings is 1. The van der Waals surface area contributed by atoms with Crippen LogP contribution in [0.1, 0.15) is 0 Å². The minimum Gasteiger partial charge on any atom is -0.495 e. The molecule has 2 rings (SSSR count). The third kappa shape index (κ3) is 1.69. The predicted molar refractivity (Wildman–Crippen MR) is 52.8 cm³/mol. The summed E-state index contributed by atoms with van der Waals surface area (Å²) in [4.78, 5) is 3.95. The average Bonchev–Trinajstić information content (AvgIpc) is 2.71. The first-order valence-corrected chi connectivity index (χ1v) is 4.19. The summed E-state index contributed by atoms with van der Waals surface area (Å²) in [5.41, 5.74) is 0.831. The number of hydrogen-bond donors (Lipinski definition) is 1. The maximum atomic E-state index is 5.16. The number of nitrogens with one attached hydrogen (secondary N) is 1. The van der Waals surface area contributed by atoms with Gasteiger partial charge in [-0.25, -0.2) is 4.98 Å². The maximum Gasteiger partial charge on any atom is 0.299 e. The molecule has 0 fully saturated rings. The number of oxazole rings is 1. The van der Waals surface area contributed by atoms with Crippen LogP contribution in [-0.4, -0.2) is 12.1 Å². The van der Waals surface area contributed by atoms with Gasteiger partial charge < -0.3 is 14.5 Å². The van der Waals surface area contributed by atoms with Crippen LogP contribution in [-0.2, 0) is 0 Å². The van der Waals surface area contributed by atoms with E-state index < -0.39 is 0 Å². The van der Waals surface area contributed by atoms with Gasteiger partial charge in [0.05, 0.1) is 19.0 Å². The van der Waals surface area contributed by atoms with Crippen molar-refractivity contribution in [2.75, 3.05) is 12.4 Å². The van der Waals surface area contributed by atoms with Crippen LogP contribution in [0.3, 0.4) is 0 Å². The Morgan fingerprint density at radius 1 is 1.36 bits per heavy atom. The van der Waals surface area contributed by atoms with Crippen molar-refractivity contribution < 1.29 is 9.15 Å². The minimum absolute atomic E-state index is 0.453. The van der Waals surface area contributed by atoms with Crippen LogP contribution in [0.25, 0.3) is 0 Å². The molecule has 0 atom stereocenters. The highest BCUT2D eigenvalue weighted by Gasteiger charge is 2.03. The summed E-state index contributed by atoms with van der Waals surface area (Å²) in [6.45, 7) is 0. The minimum atomic E-state index is 0.453. The molecular formula is C10H10N2O2. The van der Waals surface area contributed by atoms with E-state index in [0.29, 0.717) is 6.01 Å². The number of nitrogens with zero attached hydrogens (tertiary/aromatic N) is 1. The summed E-state index contributed by atoms with van der Waals surface area (Å²) in [7, 11) is 1.62. The summed E-state index contributed by atoms with van der Waals surface area (Å²) in [5, 5.41) is 3.00. The zero-order valence-electron chi connectivity index (χ0n) is 7.73. The van der Waals surface area contributed by atoms with Gasteiger partial charge >= 0.3 is 0 Å². The molecule has 72 valence electrons. The van der Waals surface area contributed by atoms with Gasteiger partial charge in [0.15, 0.2) is 0 Å². The number of methoxy groups -OCH3 is 1. The quantitative estimate of drug-likeness (QED) is 0.807. The zero-order valence-corrected chi connectivity index (χ0v) is 7.73. The predicted octanol–water partition coefficient (Wildman–Crippen LogP) is 2.43. The maximum absolute atomic E-state index is 5.16. The Balaban J connectivity index is 2.24. The molecule has 0 radical (unpaired) electrons. The van der Waals surface area contributed by atoms with E-state index in [1.165, 1.54) is 6.26 Å². The Kier molecular flexibility index (Phi) is 2.36. The van der Waals surface area contributed by atoms with Gasteiger partial charge in [0.25, 0.3) is 6.01 Å². The van der Waals surface area contributed by atoms with E-state index in [2.05, 4.69) is 10.3 Å². The lowest BCUT2D eigenvalue weighted by Gasteiger charge is -2.07. The van der Waals surface area contributed by atoms with Gasteiger partial charge in [0.1, 0.15) is 12.0 Å². The van der Waals surface area contributed by atoms with E-state index >= 15 is 0 Å². The molecule has 0 unspecified atom stereocenters. The summed E-state index contributed by atoms with van der Waals surface area (Å²) in [5.74, 6) is 0.755. The van der Waals surface area contributed by atoms with Crippen LogP contribution >= 0.6 is 0 Å². The Hall–Kier alpha value is -1.97. The molecule has 0 saturated carbocycles. The number of hydrogen-bond acceptors (Lipinski definition) is 4. The zero-order chi connectivity index (χ0) is 9.80. The van der Waals surface area contributed by atoms with Crippen molar-refractivity contribution in [3.05, 3.63) is 36.7 Å². The highest BCUT2D eigenvalue weighted by atomic mass is 16.5. The molecule has 4 heteroatoms. The molecule has 2 aromatic rings. The molecule has 14 heavy (non-hydrogen) atoms. The first-order valence-electron chi connectivity index (χ1n) is 4.19. The average molecular weight is 190 g/mol. The first kappa shape index (κ1) is 8.62. The standard InChI is InChI=1S/C10H10N2O2/c1-13-9-5-3-2-4-8(9)12-10-11-6-7-14-10/h2-7H,1H3,(H,11,12). The van der Waals surface area contributed by atoms with Crippen molar-refractivity contribution in [3.8, 4) is 5.75 Å². The Morgan fingerprint density at radius 2 is 2.21 bits per heavy atom. The number of aromatic nitrogens is 1. The topological polar surface area (TPSA) is 47.3 Å². The van der Waals surface area contributed by atoms with Crippen LogP contribution in [0.15, 0.2) is 41.1 Å². The lowest BCUT2D eigenvalue weighted by atomic mass is 10.3. The van der Waals surface area contributed by atoms with Gasteiger partial charge in [-0.05, 0) is 12.1 Å². The fraction of sp³-hybridized carbons (Fsp3) is 0.100.